The first-order valence-corrected chi connectivity index (χ1v) is 12.1. The molecule has 3 amide bonds. The van der Waals surface area contributed by atoms with Crippen molar-refractivity contribution in [3.8, 4) is 0 Å². The standard InChI is InChI=1S/C24H40N4O4/c1-17(2)14-20-22(30)26-19-7-13-32-16-18(19)6-4-5-8-24(23(31)27-20)9-11-28(12-10-24)15-21(29)25-3/h4-5,17-20H,6-16H2,1-3H3,(H,25,29)(H,26,30)(H,27,31)/b5-4-/t18-,19+,20-/m1/s1. The van der Waals surface area contributed by atoms with E-state index in [1.165, 1.54) is 0 Å². The molecule has 3 N–H and O–H groups in total. The van der Waals surface area contributed by atoms with Crippen LogP contribution in [0.2, 0.25) is 0 Å². The summed E-state index contributed by atoms with van der Waals surface area (Å²) >= 11 is 0. The molecule has 0 bridgehead atoms. The van der Waals surface area contributed by atoms with E-state index in [0.717, 1.165) is 12.8 Å². The third-order valence-electron chi connectivity index (χ3n) is 7.19. The normalized spacial score (nSPS) is 30.4. The van der Waals surface area contributed by atoms with Crippen LogP contribution >= 0.6 is 0 Å². The quantitative estimate of drug-likeness (QED) is 0.562. The van der Waals surface area contributed by atoms with Crippen molar-refractivity contribution in [2.24, 2.45) is 17.3 Å². The average Bonchev–Trinajstić information content (AvgIpc) is 2.77. The molecular weight excluding hydrogens is 408 g/mol. The number of nitrogens with zero attached hydrogens (tertiary/aromatic N) is 1. The molecule has 0 aromatic heterocycles. The Hall–Kier alpha value is -1.93. The average molecular weight is 449 g/mol. The second-order valence-electron chi connectivity index (χ2n) is 10.0. The Morgan fingerprint density at radius 1 is 1.25 bits per heavy atom. The van der Waals surface area contributed by atoms with Gasteiger partial charge in [0.15, 0.2) is 0 Å². The van der Waals surface area contributed by atoms with Gasteiger partial charge in [0.05, 0.1) is 18.6 Å². The zero-order valence-corrected chi connectivity index (χ0v) is 19.8. The highest BCUT2D eigenvalue weighted by molar-refractivity contribution is 5.90. The number of piperidine rings is 1. The van der Waals surface area contributed by atoms with Crippen LogP contribution in [-0.2, 0) is 19.1 Å². The molecule has 3 heterocycles. The van der Waals surface area contributed by atoms with E-state index >= 15 is 0 Å². The summed E-state index contributed by atoms with van der Waals surface area (Å²) in [5, 5.41) is 9.01. The lowest BCUT2D eigenvalue weighted by molar-refractivity contribution is -0.138. The molecule has 0 aromatic rings. The molecule has 3 aliphatic rings. The number of fused-ring (bicyclic) bond motifs is 1. The van der Waals surface area contributed by atoms with Gasteiger partial charge in [-0.2, -0.15) is 0 Å². The Bertz CT molecular complexity index is 700. The molecule has 3 atom stereocenters. The third-order valence-corrected chi connectivity index (χ3v) is 7.19. The lowest BCUT2D eigenvalue weighted by Gasteiger charge is -2.41. The molecule has 32 heavy (non-hydrogen) atoms. The summed E-state index contributed by atoms with van der Waals surface area (Å²) in [6.07, 6.45) is 8.54. The second-order valence-corrected chi connectivity index (χ2v) is 10.0. The van der Waals surface area contributed by atoms with Gasteiger partial charge >= 0.3 is 0 Å². The maximum atomic E-state index is 13.6. The summed E-state index contributed by atoms with van der Waals surface area (Å²) in [7, 11) is 1.64. The summed E-state index contributed by atoms with van der Waals surface area (Å²) in [5.41, 5.74) is -0.549. The van der Waals surface area contributed by atoms with Gasteiger partial charge in [0.25, 0.3) is 0 Å². The number of hydrogen-bond donors (Lipinski definition) is 3. The number of allylic oxidation sites excluding steroid dienone is 2. The minimum absolute atomic E-state index is 0.0121. The van der Waals surface area contributed by atoms with Gasteiger partial charge in [-0.1, -0.05) is 26.0 Å². The van der Waals surface area contributed by atoms with Crippen molar-refractivity contribution >= 4 is 17.7 Å². The van der Waals surface area contributed by atoms with Crippen LogP contribution < -0.4 is 16.0 Å². The van der Waals surface area contributed by atoms with Crippen LogP contribution in [0.1, 0.15) is 52.4 Å². The molecule has 2 saturated heterocycles. The Kier molecular flexibility index (Phi) is 8.71. The maximum Gasteiger partial charge on any atom is 0.242 e. The molecular formula is C24H40N4O4. The number of carbonyl (C=O) groups excluding carboxylic acids is 3. The monoisotopic (exact) mass is 448 g/mol. The van der Waals surface area contributed by atoms with E-state index in [1.807, 2.05) is 0 Å². The van der Waals surface area contributed by atoms with Gasteiger partial charge in [-0.05, 0) is 57.5 Å². The molecule has 180 valence electrons. The molecule has 8 nitrogen and oxygen atoms in total. The highest BCUT2D eigenvalue weighted by Crippen LogP contribution is 2.36. The van der Waals surface area contributed by atoms with Crippen LogP contribution in [0.3, 0.4) is 0 Å². The molecule has 0 aliphatic carbocycles. The molecule has 0 aromatic carbocycles. The van der Waals surface area contributed by atoms with Crippen molar-refractivity contribution in [1.82, 2.24) is 20.9 Å². The van der Waals surface area contributed by atoms with Gasteiger partial charge in [0, 0.05) is 25.6 Å². The number of nitrogens with one attached hydrogen (secondary N) is 3. The van der Waals surface area contributed by atoms with E-state index in [4.69, 9.17) is 4.74 Å². The zero-order chi connectivity index (χ0) is 23.1. The molecule has 8 heteroatoms. The van der Waals surface area contributed by atoms with Crippen LogP contribution in [0.4, 0.5) is 0 Å². The lowest BCUT2D eigenvalue weighted by atomic mass is 9.74. The fourth-order valence-electron chi connectivity index (χ4n) is 5.04. The number of ether oxygens (including phenoxy) is 1. The van der Waals surface area contributed by atoms with Gasteiger partial charge in [-0.15, -0.1) is 0 Å². The van der Waals surface area contributed by atoms with Crippen molar-refractivity contribution in [2.75, 3.05) is 39.9 Å². The first kappa shape index (κ1) is 24.7. The fourth-order valence-corrected chi connectivity index (χ4v) is 5.04. The molecule has 3 rings (SSSR count). The van der Waals surface area contributed by atoms with Crippen molar-refractivity contribution in [2.45, 2.75) is 64.5 Å². The van der Waals surface area contributed by atoms with E-state index in [9.17, 15) is 14.4 Å². The van der Waals surface area contributed by atoms with Gasteiger partial charge in [0.2, 0.25) is 17.7 Å². The first-order chi connectivity index (χ1) is 15.3. The summed E-state index contributed by atoms with van der Waals surface area (Å²) in [6.45, 7) is 7.18. The van der Waals surface area contributed by atoms with Gasteiger partial charge in [-0.25, -0.2) is 0 Å². The zero-order valence-electron chi connectivity index (χ0n) is 19.8. The highest BCUT2D eigenvalue weighted by Gasteiger charge is 2.42. The third kappa shape index (κ3) is 6.32. The number of rotatable bonds is 4. The fraction of sp³-hybridized carbons (Fsp3) is 0.792. The summed E-state index contributed by atoms with van der Waals surface area (Å²) < 4.78 is 5.68. The predicted molar refractivity (Wildman–Crippen MR) is 123 cm³/mol. The van der Waals surface area contributed by atoms with E-state index in [1.54, 1.807) is 7.05 Å². The highest BCUT2D eigenvalue weighted by atomic mass is 16.5. The smallest absolute Gasteiger partial charge is 0.242 e. The Labute approximate surface area is 191 Å². The Morgan fingerprint density at radius 2 is 2.00 bits per heavy atom. The van der Waals surface area contributed by atoms with Crippen LogP contribution in [0.5, 0.6) is 0 Å². The predicted octanol–water partition coefficient (Wildman–Crippen LogP) is 1.22. The van der Waals surface area contributed by atoms with E-state index < -0.39 is 11.5 Å². The van der Waals surface area contributed by atoms with Crippen molar-refractivity contribution in [3.63, 3.8) is 0 Å². The molecule has 0 saturated carbocycles. The van der Waals surface area contributed by atoms with Crippen LogP contribution in [0.25, 0.3) is 0 Å². The molecule has 0 unspecified atom stereocenters. The number of carbonyl (C=O) groups is 3. The minimum atomic E-state index is -0.549. The van der Waals surface area contributed by atoms with Crippen LogP contribution in [0, 0.1) is 17.3 Å². The van der Waals surface area contributed by atoms with Crippen molar-refractivity contribution in [3.05, 3.63) is 12.2 Å². The van der Waals surface area contributed by atoms with Crippen molar-refractivity contribution in [1.29, 1.82) is 0 Å². The van der Waals surface area contributed by atoms with Gasteiger partial charge in [-0.3, -0.25) is 19.3 Å². The first-order valence-electron chi connectivity index (χ1n) is 12.1. The largest absolute Gasteiger partial charge is 0.381 e. The number of likely N-dealkylation sites (N-methyl/N-ethyl adjacent to an activating group) is 1. The van der Waals surface area contributed by atoms with Crippen LogP contribution in [0.15, 0.2) is 12.2 Å². The molecule has 0 radical (unpaired) electrons. The number of amides is 3. The minimum Gasteiger partial charge on any atom is -0.381 e. The number of hydrogen-bond acceptors (Lipinski definition) is 5. The number of likely N-dealkylation sites (tertiary alicyclic amines) is 1. The topological polar surface area (TPSA) is 99.8 Å². The molecule has 2 fully saturated rings. The summed E-state index contributed by atoms with van der Waals surface area (Å²) in [6, 6.07) is -0.455. The lowest BCUT2D eigenvalue weighted by Crippen LogP contribution is -2.57. The van der Waals surface area contributed by atoms with Gasteiger partial charge in [0.1, 0.15) is 6.04 Å². The second kappa shape index (κ2) is 11.3. The summed E-state index contributed by atoms with van der Waals surface area (Å²) in [4.78, 5) is 40.6. The van der Waals surface area contributed by atoms with Gasteiger partial charge < -0.3 is 20.7 Å². The Balaban J connectivity index is 1.79. The Morgan fingerprint density at radius 3 is 2.69 bits per heavy atom. The van der Waals surface area contributed by atoms with E-state index in [0.29, 0.717) is 58.5 Å². The molecule has 3 aliphatic heterocycles. The van der Waals surface area contributed by atoms with E-state index in [-0.39, 0.29) is 35.6 Å². The van der Waals surface area contributed by atoms with E-state index in [2.05, 4.69) is 46.8 Å². The maximum absolute atomic E-state index is 13.6. The van der Waals surface area contributed by atoms with Crippen LogP contribution in [-0.4, -0.2) is 74.6 Å². The molecule has 1 spiro atoms. The SMILES string of the molecule is CNC(=O)CN1CCC2(C/C=C\C[C@@H]3COCC[C@@H]3NC(=O)[C@@H](CC(C)C)NC2=O)CC1. The summed E-state index contributed by atoms with van der Waals surface area (Å²) in [5.74, 6) is 0.410. The van der Waals surface area contributed by atoms with Crippen molar-refractivity contribution < 1.29 is 19.1 Å².